The van der Waals surface area contributed by atoms with Gasteiger partial charge >= 0.3 is 15.6 Å². The molecule has 4 aliphatic heterocycles. The van der Waals surface area contributed by atoms with Crippen LogP contribution in [0.2, 0.25) is 0 Å². The van der Waals surface area contributed by atoms with Crippen molar-refractivity contribution in [1.82, 2.24) is 19.8 Å². The zero-order valence-corrected chi connectivity index (χ0v) is 43.1. The van der Waals surface area contributed by atoms with Gasteiger partial charge < -0.3 is 88.1 Å². The topological polar surface area (TPSA) is 290 Å². The van der Waals surface area contributed by atoms with E-state index in [1.165, 1.54) is 58.2 Å². The Bertz CT molecular complexity index is 1670. The lowest BCUT2D eigenvalue weighted by Crippen LogP contribution is -2.37. The lowest BCUT2D eigenvalue weighted by Gasteiger charge is -2.30. The molecule has 0 bridgehead atoms. The van der Waals surface area contributed by atoms with Gasteiger partial charge in [0.05, 0.1) is 53.9 Å². The summed E-state index contributed by atoms with van der Waals surface area (Å²) in [7, 11) is -5.67. The second kappa shape index (κ2) is 34.0. The van der Waals surface area contributed by atoms with Crippen LogP contribution in [0.1, 0.15) is 41.5 Å². The molecule has 4 heterocycles. The summed E-state index contributed by atoms with van der Waals surface area (Å²) >= 11 is 0. The van der Waals surface area contributed by atoms with E-state index < -0.39 is 71.4 Å². The molecule has 9 atom stereocenters. The van der Waals surface area contributed by atoms with Gasteiger partial charge in [0.25, 0.3) is 0 Å². The summed E-state index contributed by atoms with van der Waals surface area (Å²) in [6.45, 7) is 24.4. The van der Waals surface area contributed by atoms with Crippen LogP contribution < -0.4 is 24.3 Å². The fourth-order valence-electron chi connectivity index (χ4n) is 6.56. The predicted molar refractivity (Wildman–Crippen MR) is 255 cm³/mol. The second-order valence-corrected chi connectivity index (χ2v) is 18.4. The van der Waals surface area contributed by atoms with E-state index in [0.717, 1.165) is 26.3 Å². The van der Waals surface area contributed by atoms with Crippen LogP contribution in [-0.4, -0.2) is 218 Å². The van der Waals surface area contributed by atoms with Gasteiger partial charge in [-0.3, -0.25) is 9.05 Å². The minimum Gasteiger partial charge on any atom is -0.497 e. The molecule has 0 amide bonds. The Balaban J connectivity index is 0.000000343. The summed E-state index contributed by atoms with van der Waals surface area (Å²) in [6, 6.07) is 13.1. The first kappa shape index (κ1) is 62.5. The molecule has 23 nitrogen and oxygen atoms in total. The van der Waals surface area contributed by atoms with Crippen LogP contribution in [0.3, 0.4) is 0 Å². The number of aliphatic hydroxyl groups excluding tert-OH is 4. The molecule has 0 aromatic heterocycles. The summed E-state index contributed by atoms with van der Waals surface area (Å²) in [5.41, 5.74) is 0. The van der Waals surface area contributed by atoms with E-state index in [9.17, 15) is 34.4 Å². The standard InChI is InChI=1S/C16H24NO9P.C12H17O9P.2C6H15N.C4H9NO/c1-22-11-2-4-12(5-3-11)25-16-15(19)14(18)13(26-16)10-24-27(20,21)17-6-8-23-9-7-17;1-18-7-2-4-8(5-3-7)20-12-11(14)10(13)9(21-12)6-19-22(15,16)17;2*1-4-7(5-2)6-3;1-3-6-4-2-5-1/h2-5,13-16,18-19H,6-10H2,1H3,(H,20,21);2-5,9-14H,6H2,1H3,(H2,15,16,17);2*4-6H2,1-3H3;5H,1-4H2/t13-,14-,15-,16-;9-,10-,11-,12-;;;/m11.../s1. The van der Waals surface area contributed by atoms with E-state index in [4.69, 9.17) is 52.2 Å². The Hall–Kier alpha value is -2.58. The van der Waals surface area contributed by atoms with Crippen LogP contribution in [0.25, 0.3) is 0 Å². The molecule has 0 aliphatic carbocycles. The third kappa shape index (κ3) is 23.7. The largest absolute Gasteiger partial charge is 0.497 e. The van der Waals surface area contributed by atoms with Crippen LogP contribution in [0.5, 0.6) is 23.0 Å². The van der Waals surface area contributed by atoms with E-state index in [1.807, 2.05) is 0 Å². The van der Waals surface area contributed by atoms with Crippen molar-refractivity contribution in [2.45, 2.75) is 90.7 Å². The number of hydrogen-bond donors (Lipinski definition) is 8. The Morgan fingerprint density at radius 3 is 1.20 bits per heavy atom. The third-order valence-electron chi connectivity index (χ3n) is 10.9. The zero-order chi connectivity index (χ0) is 51.4. The van der Waals surface area contributed by atoms with E-state index >= 15 is 0 Å². The first-order chi connectivity index (χ1) is 32.9. The Labute approximate surface area is 407 Å². The number of hydrogen-bond acceptors (Lipinski definition) is 19. The molecule has 8 N–H and O–H groups in total. The van der Waals surface area contributed by atoms with Crippen molar-refractivity contribution in [3.05, 3.63) is 48.5 Å². The molecule has 0 radical (unpaired) electrons. The molecule has 2 aromatic carbocycles. The smallest absolute Gasteiger partial charge is 0.469 e. The summed E-state index contributed by atoms with van der Waals surface area (Å²) in [4.78, 5) is 32.1. The molecule has 4 saturated heterocycles. The van der Waals surface area contributed by atoms with E-state index in [0.29, 0.717) is 36.2 Å². The Morgan fingerprint density at radius 2 is 0.913 bits per heavy atom. The predicted octanol–water partition coefficient (Wildman–Crippen LogP) is 1.90. The highest BCUT2D eigenvalue weighted by Gasteiger charge is 2.46. The van der Waals surface area contributed by atoms with Crippen molar-refractivity contribution in [1.29, 1.82) is 0 Å². The molecule has 4 fully saturated rings. The summed E-state index contributed by atoms with van der Waals surface area (Å²) in [5.74, 6) is 2.04. The van der Waals surface area contributed by atoms with Crippen molar-refractivity contribution >= 4 is 15.6 Å². The van der Waals surface area contributed by atoms with Gasteiger partial charge in [0.15, 0.2) is 0 Å². The maximum absolute atomic E-state index is 12.3. The number of ether oxygens (including phenoxy) is 8. The highest BCUT2D eigenvalue weighted by Crippen LogP contribution is 2.47. The second-order valence-electron chi connectivity index (χ2n) is 15.4. The number of benzene rings is 2. The zero-order valence-electron chi connectivity index (χ0n) is 41.3. The molecule has 4 aliphatic rings. The van der Waals surface area contributed by atoms with Gasteiger partial charge in [-0.15, -0.1) is 0 Å². The molecule has 400 valence electrons. The van der Waals surface area contributed by atoms with Crippen LogP contribution in [-0.2, 0) is 37.1 Å². The quantitative estimate of drug-likeness (QED) is 0.0933. The molecule has 6 rings (SSSR count). The molecule has 0 saturated carbocycles. The average molecular weight is 1030 g/mol. The van der Waals surface area contributed by atoms with Crippen molar-refractivity contribution in [2.75, 3.05) is 119 Å². The van der Waals surface area contributed by atoms with Crippen LogP contribution in [0, 0.1) is 0 Å². The highest BCUT2D eigenvalue weighted by molar-refractivity contribution is 7.50. The summed E-state index contributed by atoms with van der Waals surface area (Å²) in [5, 5.41) is 43.0. The maximum Gasteiger partial charge on any atom is 0.469 e. The number of phosphoric ester groups is 1. The van der Waals surface area contributed by atoms with Gasteiger partial charge in [-0.05, 0) is 87.8 Å². The molecule has 25 heteroatoms. The number of morpholine rings is 2. The van der Waals surface area contributed by atoms with Gasteiger partial charge in [0, 0.05) is 26.2 Å². The fourth-order valence-corrected chi connectivity index (χ4v) is 8.08. The number of methoxy groups -OCH3 is 2. The molecular weight excluding hydrogens is 950 g/mol. The summed E-state index contributed by atoms with van der Waals surface area (Å²) < 4.78 is 75.4. The lowest BCUT2D eigenvalue weighted by molar-refractivity contribution is -0.115. The number of phosphoric acid groups is 1. The highest BCUT2D eigenvalue weighted by atomic mass is 31.2. The van der Waals surface area contributed by atoms with Gasteiger partial charge in [0.1, 0.15) is 59.6 Å². The number of nitrogens with one attached hydrogen (secondary N) is 1. The Kier molecular flexibility index (Phi) is 30.8. The lowest BCUT2D eigenvalue weighted by atomic mass is 10.1. The molecule has 69 heavy (non-hydrogen) atoms. The van der Waals surface area contributed by atoms with E-state index in [2.05, 4.69) is 61.2 Å². The SMILES string of the molecule is C1COCCN1.CCN(CC)CC.CCN(CC)CC.COc1ccc(O[C@@H]2O[C@H](COP(=O)(O)N3CCOCC3)[C@@H](O)[C@H]2O)cc1.COc1ccc(O[C@@H]2O[C@H](COP(=O)(O)O)[C@@H](O)[C@H]2O)cc1. The first-order valence-electron chi connectivity index (χ1n) is 23.3. The minimum atomic E-state index is -4.69. The van der Waals surface area contributed by atoms with Crippen molar-refractivity contribution in [2.24, 2.45) is 0 Å². The number of rotatable bonds is 19. The molecule has 2 aromatic rings. The normalized spacial score (nSPS) is 25.6. The van der Waals surface area contributed by atoms with Crippen molar-refractivity contribution in [3.8, 4) is 23.0 Å². The Morgan fingerprint density at radius 1 is 0.565 bits per heavy atom. The first-order valence-corrected chi connectivity index (χ1v) is 26.3. The van der Waals surface area contributed by atoms with Crippen LogP contribution in [0.4, 0.5) is 0 Å². The average Bonchev–Trinajstić information content (AvgIpc) is 3.79. The fraction of sp³-hybridized carbons (Fsp3) is 0.727. The van der Waals surface area contributed by atoms with Gasteiger partial charge in [-0.25, -0.2) is 13.8 Å². The van der Waals surface area contributed by atoms with Gasteiger partial charge in [0.2, 0.25) is 12.6 Å². The van der Waals surface area contributed by atoms with Crippen LogP contribution in [0.15, 0.2) is 48.5 Å². The number of aliphatic hydroxyl groups is 4. The molecule has 1 unspecified atom stereocenters. The molecule has 0 spiro atoms. The minimum absolute atomic E-state index is 0.272. The number of nitrogens with zero attached hydrogens (tertiary/aromatic N) is 3. The summed E-state index contributed by atoms with van der Waals surface area (Å²) in [6.07, 6.45) is -9.88. The molecular formula is C44H80N4O19P2. The van der Waals surface area contributed by atoms with Gasteiger partial charge in [-0.1, -0.05) is 41.5 Å². The third-order valence-corrected chi connectivity index (χ3v) is 13.0. The van der Waals surface area contributed by atoms with Gasteiger partial charge in [-0.2, -0.15) is 0 Å². The van der Waals surface area contributed by atoms with Crippen molar-refractivity contribution in [3.63, 3.8) is 0 Å². The monoisotopic (exact) mass is 1030 g/mol. The van der Waals surface area contributed by atoms with E-state index in [1.54, 1.807) is 48.5 Å². The van der Waals surface area contributed by atoms with Crippen molar-refractivity contribution < 1.29 is 91.2 Å². The maximum atomic E-state index is 12.3. The van der Waals surface area contributed by atoms with E-state index in [-0.39, 0.29) is 19.7 Å². The van der Waals surface area contributed by atoms with Crippen LogP contribution >= 0.6 is 15.6 Å².